The summed E-state index contributed by atoms with van der Waals surface area (Å²) < 4.78 is 11.2. The average Bonchev–Trinajstić information content (AvgIpc) is 1.72. The van der Waals surface area contributed by atoms with Gasteiger partial charge >= 0.3 is 0 Å². The predicted octanol–water partition coefficient (Wildman–Crippen LogP) is 4.49. The van der Waals surface area contributed by atoms with Crippen LogP contribution in [0.4, 0.5) is 0 Å². The van der Waals surface area contributed by atoms with Crippen LogP contribution in [-0.4, -0.2) is 28.8 Å². The Morgan fingerprint density at radius 3 is 0.750 bits per heavy atom. The van der Waals surface area contributed by atoms with Gasteiger partial charge in [0.1, 0.15) is 0 Å². The van der Waals surface area contributed by atoms with Crippen LogP contribution in [0.15, 0.2) is 0 Å². The molecular weight excluding hydrogens is 232 g/mol. The van der Waals surface area contributed by atoms with E-state index in [2.05, 4.69) is 67.0 Å². The van der Waals surface area contributed by atoms with Gasteiger partial charge in [0, 0.05) is 12.2 Å². The summed E-state index contributed by atoms with van der Waals surface area (Å²) in [6.45, 7) is 21.5. The van der Waals surface area contributed by atoms with E-state index in [0.717, 1.165) is 0 Å². The third kappa shape index (κ3) is 23.9. The summed E-state index contributed by atoms with van der Waals surface area (Å²) >= 11 is 0. The highest BCUT2D eigenvalue weighted by molar-refractivity contribution is 6.70. The van der Waals surface area contributed by atoms with Crippen molar-refractivity contribution in [1.29, 1.82) is 0 Å². The van der Waals surface area contributed by atoms with E-state index < -0.39 is 16.6 Å². The summed E-state index contributed by atoms with van der Waals surface area (Å²) in [5.41, 5.74) is 0. The molecule has 4 heteroatoms. The molecule has 0 aliphatic rings. The van der Waals surface area contributed by atoms with Crippen molar-refractivity contribution in [3.05, 3.63) is 0 Å². The van der Waals surface area contributed by atoms with Gasteiger partial charge in [-0.1, -0.05) is 0 Å². The number of rotatable bonds is 4. The molecule has 0 aliphatic heterocycles. The molecule has 16 heavy (non-hydrogen) atoms. The molecule has 0 bridgehead atoms. The van der Waals surface area contributed by atoms with E-state index >= 15 is 0 Å². The molecule has 0 heterocycles. The standard InChI is InChI=1S/2C6H16OSi/c2*1-6(2)7-8(3,4)5/h2*6H,1-5H3. The second kappa shape index (κ2) is 7.64. The van der Waals surface area contributed by atoms with E-state index in [1.54, 1.807) is 0 Å². The number of hydrogen-bond acceptors (Lipinski definition) is 2. The SMILES string of the molecule is CC(C)O[Si](C)(C)C.CC(C)O[Si](C)(C)C. The van der Waals surface area contributed by atoms with Gasteiger partial charge in [-0.15, -0.1) is 0 Å². The predicted molar refractivity (Wildman–Crippen MR) is 79.1 cm³/mol. The van der Waals surface area contributed by atoms with Gasteiger partial charge in [-0.3, -0.25) is 0 Å². The smallest absolute Gasteiger partial charge is 0.184 e. The van der Waals surface area contributed by atoms with Gasteiger partial charge in [0.2, 0.25) is 0 Å². The molecule has 0 saturated carbocycles. The monoisotopic (exact) mass is 264 g/mol. The Bertz CT molecular complexity index is 147. The first-order chi connectivity index (χ1) is 6.83. The fourth-order valence-electron chi connectivity index (χ4n) is 1.41. The summed E-state index contributed by atoms with van der Waals surface area (Å²) in [6.07, 6.45) is 0.809. The van der Waals surface area contributed by atoms with Crippen molar-refractivity contribution in [1.82, 2.24) is 0 Å². The lowest BCUT2D eigenvalue weighted by atomic mass is 10.5. The van der Waals surface area contributed by atoms with E-state index in [0.29, 0.717) is 12.2 Å². The summed E-state index contributed by atoms with van der Waals surface area (Å²) in [5.74, 6) is 0. The first kappa shape index (κ1) is 18.7. The topological polar surface area (TPSA) is 18.5 Å². The van der Waals surface area contributed by atoms with Crippen LogP contribution >= 0.6 is 0 Å². The fraction of sp³-hybridized carbons (Fsp3) is 1.00. The van der Waals surface area contributed by atoms with E-state index in [9.17, 15) is 0 Å². The maximum atomic E-state index is 5.58. The Labute approximate surface area is 105 Å². The molecule has 0 N–H and O–H groups in total. The molecule has 0 spiro atoms. The summed E-state index contributed by atoms with van der Waals surface area (Å²) in [5, 5.41) is 0. The minimum absolute atomic E-state index is 0.404. The first-order valence-electron chi connectivity index (χ1n) is 6.19. The van der Waals surface area contributed by atoms with E-state index in [1.165, 1.54) is 0 Å². The van der Waals surface area contributed by atoms with E-state index in [-0.39, 0.29) is 0 Å². The molecule has 0 fully saturated rings. The van der Waals surface area contributed by atoms with Gasteiger partial charge in [-0.25, -0.2) is 0 Å². The minimum atomic E-state index is -1.22. The van der Waals surface area contributed by atoms with Crippen LogP contribution in [0.5, 0.6) is 0 Å². The van der Waals surface area contributed by atoms with Crippen molar-refractivity contribution in [3.8, 4) is 0 Å². The normalized spacial score (nSPS) is 12.8. The Morgan fingerprint density at radius 2 is 0.750 bits per heavy atom. The molecule has 0 aromatic carbocycles. The lowest BCUT2D eigenvalue weighted by molar-refractivity contribution is 0.234. The highest BCUT2D eigenvalue weighted by Crippen LogP contribution is 2.05. The highest BCUT2D eigenvalue weighted by atomic mass is 28.4. The van der Waals surface area contributed by atoms with Gasteiger partial charge in [-0.05, 0) is 67.0 Å². The Hall–Kier alpha value is 0.354. The van der Waals surface area contributed by atoms with E-state index in [1.807, 2.05) is 0 Å². The molecule has 0 aliphatic carbocycles. The molecular formula is C12H32O2Si2. The van der Waals surface area contributed by atoms with Gasteiger partial charge in [-0.2, -0.15) is 0 Å². The van der Waals surface area contributed by atoms with Crippen molar-refractivity contribution in [2.45, 2.75) is 79.2 Å². The molecule has 0 atom stereocenters. The van der Waals surface area contributed by atoms with Gasteiger partial charge in [0.25, 0.3) is 0 Å². The summed E-state index contributed by atoms with van der Waals surface area (Å²) in [6, 6.07) is 0. The summed E-state index contributed by atoms with van der Waals surface area (Å²) in [7, 11) is -2.44. The average molecular weight is 265 g/mol. The van der Waals surface area contributed by atoms with Crippen LogP contribution in [0.3, 0.4) is 0 Å². The second-order valence-corrected chi connectivity index (χ2v) is 15.5. The van der Waals surface area contributed by atoms with Crippen molar-refractivity contribution < 1.29 is 8.85 Å². The van der Waals surface area contributed by atoms with Crippen molar-refractivity contribution in [2.75, 3.05) is 0 Å². The lowest BCUT2D eigenvalue weighted by Gasteiger charge is -2.19. The molecule has 0 radical (unpaired) electrons. The molecule has 0 unspecified atom stereocenters. The van der Waals surface area contributed by atoms with Crippen LogP contribution in [0.1, 0.15) is 27.7 Å². The third-order valence-corrected chi connectivity index (χ3v) is 3.54. The Morgan fingerprint density at radius 1 is 0.562 bits per heavy atom. The van der Waals surface area contributed by atoms with Crippen LogP contribution in [0.2, 0.25) is 39.3 Å². The lowest BCUT2D eigenvalue weighted by Crippen LogP contribution is -2.28. The third-order valence-electron chi connectivity index (χ3n) is 1.18. The fourth-order valence-corrected chi connectivity index (χ4v) is 4.24. The molecule has 0 rings (SSSR count). The van der Waals surface area contributed by atoms with Gasteiger partial charge < -0.3 is 8.85 Å². The van der Waals surface area contributed by atoms with Crippen LogP contribution < -0.4 is 0 Å². The molecule has 0 aromatic heterocycles. The highest BCUT2D eigenvalue weighted by Gasteiger charge is 2.15. The zero-order valence-electron chi connectivity index (χ0n) is 13.0. The van der Waals surface area contributed by atoms with Crippen molar-refractivity contribution >= 4 is 16.6 Å². The zero-order chi connectivity index (χ0) is 13.6. The Balaban J connectivity index is 0. The number of hydrogen-bond donors (Lipinski definition) is 0. The van der Waals surface area contributed by atoms with Gasteiger partial charge in [0.15, 0.2) is 16.6 Å². The molecule has 2 nitrogen and oxygen atoms in total. The van der Waals surface area contributed by atoms with E-state index in [4.69, 9.17) is 8.85 Å². The maximum Gasteiger partial charge on any atom is 0.184 e. The molecule has 100 valence electrons. The van der Waals surface area contributed by atoms with Crippen LogP contribution in [-0.2, 0) is 8.85 Å². The largest absolute Gasteiger partial charge is 0.415 e. The molecule has 0 aromatic rings. The zero-order valence-corrected chi connectivity index (χ0v) is 15.0. The second-order valence-electron chi connectivity index (χ2n) is 6.56. The first-order valence-corrected chi connectivity index (χ1v) is 13.0. The van der Waals surface area contributed by atoms with Crippen molar-refractivity contribution in [3.63, 3.8) is 0 Å². The molecule has 0 amide bonds. The van der Waals surface area contributed by atoms with Gasteiger partial charge in [0.05, 0.1) is 0 Å². The maximum absolute atomic E-state index is 5.58. The van der Waals surface area contributed by atoms with Crippen LogP contribution in [0.25, 0.3) is 0 Å². The summed E-state index contributed by atoms with van der Waals surface area (Å²) in [4.78, 5) is 0. The minimum Gasteiger partial charge on any atom is -0.415 e. The molecule has 0 saturated heterocycles. The van der Waals surface area contributed by atoms with Crippen molar-refractivity contribution in [2.24, 2.45) is 0 Å². The van der Waals surface area contributed by atoms with Crippen LogP contribution in [0, 0.1) is 0 Å². The Kier molecular flexibility index (Phi) is 8.93. The quantitative estimate of drug-likeness (QED) is 0.696.